The highest BCUT2D eigenvalue weighted by atomic mass is 16.5. The van der Waals surface area contributed by atoms with Crippen LogP contribution in [0.5, 0.6) is 0 Å². The van der Waals surface area contributed by atoms with Crippen LogP contribution in [0.2, 0.25) is 0 Å². The number of methoxy groups -OCH3 is 1. The van der Waals surface area contributed by atoms with Crippen LogP contribution < -0.4 is 0 Å². The minimum atomic E-state index is -0.454. The zero-order valence-corrected chi connectivity index (χ0v) is 8.44. The van der Waals surface area contributed by atoms with Gasteiger partial charge in [0.2, 0.25) is 0 Å². The summed E-state index contributed by atoms with van der Waals surface area (Å²) in [5.41, 5.74) is 1.99. The maximum absolute atomic E-state index is 9.70. The smallest absolute Gasteiger partial charge is 0.0824 e. The molecule has 1 aromatic carbocycles. The second kappa shape index (κ2) is 5.58. The van der Waals surface area contributed by atoms with Crippen LogP contribution in [0.25, 0.3) is 0 Å². The maximum Gasteiger partial charge on any atom is 0.0824 e. The van der Waals surface area contributed by atoms with Gasteiger partial charge in [0, 0.05) is 7.11 Å². The summed E-state index contributed by atoms with van der Waals surface area (Å²) in [4.78, 5) is 0. The molecule has 0 saturated carbocycles. The van der Waals surface area contributed by atoms with Crippen molar-refractivity contribution in [2.24, 2.45) is 0 Å². The fourth-order valence-corrected chi connectivity index (χ4v) is 1.35. The first-order valence-corrected chi connectivity index (χ1v) is 4.64. The summed E-state index contributed by atoms with van der Waals surface area (Å²) < 4.78 is 5.02. The minimum absolute atomic E-state index is 0.454. The molecule has 1 rings (SSSR count). The van der Waals surface area contributed by atoms with Crippen LogP contribution >= 0.6 is 0 Å². The number of hydrogen-bond donors (Lipinski definition) is 1. The Morgan fingerprint density at radius 2 is 2.36 bits per heavy atom. The molecule has 0 spiro atoms. The van der Waals surface area contributed by atoms with Crippen LogP contribution in [0.4, 0.5) is 0 Å². The van der Waals surface area contributed by atoms with E-state index >= 15 is 0 Å². The lowest BCUT2D eigenvalue weighted by molar-refractivity contribution is 0.177. The molecular formula is C12H16O2. The summed E-state index contributed by atoms with van der Waals surface area (Å²) in [6.07, 6.45) is 1.84. The van der Waals surface area contributed by atoms with E-state index in [0.29, 0.717) is 13.0 Å². The average molecular weight is 192 g/mol. The van der Waals surface area contributed by atoms with E-state index < -0.39 is 6.10 Å². The van der Waals surface area contributed by atoms with Gasteiger partial charge in [-0.1, -0.05) is 30.3 Å². The molecule has 1 atom stereocenters. The van der Waals surface area contributed by atoms with Gasteiger partial charge < -0.3 is 9.84 Å². The SMILES string of the molecule is C=CCC(O)c1cccc(COC)c1. The highest BCUT2D eigenvalue weighted by Crippen LogP contribution is 2.18. The van der Waals surface area contributed by atoms with E-state index in [1.54, 1.807) is 13.2 Å². The molecular weight excluding hydrogens is 176 g/mol. The molecule has 0 radical (unpaired) electrons. The quantitative estimate of drug-likeness (QED) is 0.726. The van der Waals surface area contributed by atoms with Gasteiger partial charge in [-0.25, -0.2) is 0 Å². The standard InChI is InChI=1S/C12H16O2/c1-3-5-12(13)11-7-4-6-10(8-11)9-14-2/h3-4,6-8,12-13H,1,5,9H2,2H3. The van der Waals surface area contributed by atoms with Gasteiger partial charge in [0.05, 0.1) is 12.7 Å². The van der Waals surface area contributed by atoms with Crippen molar-refractivity contribution in [3.05, 3.63) is 48.0 Å². The largest absolute Gasteiger partial charge is 0.388 e. The molecule has 1 N–H and O–H groups in total. The van der Waals surface area contributed by atoms with Crippen LogP contribution in [0, 0.1) is 0 Å². The number of aliphatic hydroxyl groups is 1. The van der Waals surface area contributed by atoms with Gasteiger partial charge in [0.1, 0.15) is 0 Å². The summed E-state index contributed by atoms with van der Waals surface area (Å²) >= 11 is 0. The van der Waals surface area contributed by atoms with Crippen LogP contribution in [0.15, 0.2) is 36.9 Å². The van der Waals surface area contributed by atoms with Gasteiger partial charge in [0.15, 0.2) is 0 Å². The molecule has 0 bridgehead atoms. The molecule has 0 aliphatic carbocycles. The number of ether oxygens (including phenoxy) is 1. The summed E-state index contributed by atoms with van der Waals surface area (Å²) in [5.74, 6) is 0. The molecule has 0 aliphatic heterocycles. The van der Waals surface area contributed by atoms with E-state index in [-0.39, 0.29) is 0 Å². The van der Waals surface area contributed by atoms with Crippen LogP contribution in [0.1, 0.15) is 23.7 Å². The van der Waals surface area contributed by atoms with Crippen molar-refractivity contribution in [3.63, 3.8) is 0 Å². The monoisotopic (exact) mass is 192 g/mol. The molecule has 0 saturated heterocycles. The van der Waals surface area contributed by atoms with Crippen molar-refractivity contribution >= 4 is 0 Å². The molecule has 0 amide bonds. The third-order valence-corrected chi connectivity index (χ3v) is 2.04. The zero-order valence-electron chi connectivity index (χ0n) is 8.44. The summed E-state index contributed by atoms with van der Waals surface area (Å²) in [6, 6.07) is 7.77. The van der Waals surface area contributed by atoms with Crippen molar-refractivity contribution in [1.29, 1.82) is 0 Å². The van der Waals surface area contributed by atoms with Gasteiger partial charge in [-0.15, -0.1) is 6.58 Å². The third-order valence-electron chi connectivity index (χ3n) is 2.04. The molecule has 76 valence electrons. The van der Waals surface area contributed by atoms with E-state index in [9.17, 15) is 5.11 Å². The van der Waals surface area contributed by atoms with E-state index in [1.807, 2.05) is 24.3 Å². The molecule has 1 aromatic rings. The number of benzene rings is 1. The Hall–Kier alpha value is -1.12. The van der Waals surface area contributed by atoms with Crippen molar-refractivity contribution < 1.29 is 9.84 Å². The number of aliphatic hydroxyl groups excluding tert-OH is 1. The lowest BCUT2D eigenvalue weighted by Gasteiger charge is -2.09. The van der Waals surface area contributed by atoms with Gasteiger partial charge in [0.25, 0.3) is 0 Å². The van der Waals surface area contributed by atoms with Crippen molar-refractivity contribution in [2.45, 2.75) is 19.1 Å². The molecule has 2 nitrogen and oxygen atoms in total. The highest BCUT2D eigenvalue weighted by molar-refractivity contribution is 5.25. The molecule has 2 heteroatoms. The Kier molecular flexibility index (Phi) is 4.36. The highest BCUT2D eigenvalue weighted by Gasteiger charge is 2.05. The number of rotatable bonds is 5. The summed E-state index contributed by atoms with van der Waals surface area (Å²) in [7, 11) is 1.66. The Morgan fingerprint density at radius 1 is 1.57 bits per heavy atom. The van der Waals surface area contributed by atoms with Crippen molar-refractivity contribution in [3.8, 4) is 0 Å². The predicted octanol–water partition coefficient (Wildman–Crippen LogP) is 2.44. The number of hydrogen-bond acceptors (Lipinski definition) is 2. The third kappa shape index (κ3) is 2.98. The Balaban J connectivity index is 2.76. The lowest BCUT2D eigenvalue weighted by Crippen LogP contribution is -1.97. The van der Waals surface area contributed by atoms with Crippen molar-refractivity contribution in [1.82, 2.24) is 0 Å². The van der Waals surface area contributed by atoms with Gasteiger partial charge in [-0.05, 0) is 17.5 Å². The van der Waals surface area contributed by atoms with E-state index in [0.717, 1.165) is 11.1 Å². The summed E-state index contributed by atoms with van der Waals surface area (Å²) in [5, 5.41) is 9.70. The molecule has 0 heterocycles. The van der Waals surface area contributed by atoms with Gasteiger partial charge in [-0.3, -0.25) is 0 Å². The Morgan fingerprint density at radius 3 is 3.00 bits per heavy atom. The molecule has 0 fully saturated rings. The van der Waals surface area contributed by atoms with E-state index in [2.05, 4.69) is 6.58 Å². The molecule has 0 aromatic heterocycles. The normalized spacial score (nSPS) is 12.4. The topological polar surface area (TPSA) is 29.5 Å². The van der Waals surface area contributed by atoms with Crippen molar-refractivity contribution in [2.75, 3.05) is 7.11 Å². The predicted molar refractivity (Wildman–Crippen MR) is 56.9 cm³/mol. The molecule has 14 heavy (non-hydrogen) atoms. The fourth-order valence-electron chi connectivity index (χ4n) is 1.35. The average Bonchev–Trinajstić information content (AvgIpc) is 2.19. The van der Waals surface area contributed by atoms with Crippen LogP contribution in [0.3, 0.4) is 0 Å². The first kappa shape index (κ1) is 11.0. The van der Waals surface area contributed by atoms with E-state index in [4.69, 9.17) is 4.74 Å². The summed E-state index contributed by atoms with van der Waals surface area (Å²) in [6.45, 7) is 4.18. The van der Waals surface area contributed by atoms with Crippen LogP contribution in [-0.2, 0) is 11.3 Å². The van der Waals surface area contributed by atoms with Gasteiger partial charge >= 0.3 is 0 Å². The van der Waals surface area contributed by atoms with E-state index in [1.165, 1.54) is 0 Å². The second-order valence-electron chi connectivity index (χ2n) is 3.22. The van der Waals surface area contributed by atoms with Gasteiger partial charge in [-0.2, -0.15) is 0 Å². The molecule has 0 aliphatic rings. The Bertz CT molecular complexity index is 294. The maximum atomic E-state index is 9.70. The lowest BCUT2D eigenvalue weighted by atomic mass is 10.0. The second-order valence-corrected chi connectivity index (χ2v) is 3.22. The van der Waals surface area contributed by atoms with Crippen LogP contribution in [-0.4, -0.2) is 12.2 Å². The minimum Gasteiger partial charge on any atom is -0.388 e. The first-order valence-electron chi connectivity index (χ1n) is 4.64. The Labute approximate surface area is 84.8 Å². The molecule has 1 unspecified atom stereocenters. The zero-order chi connectivity index (χ0) is 10.4. The fraction of sp³-hybridized carbons (Fsp3) is 0.333. The first-order chi connectivity index (χ1) is 6.77.